The monoisotopic (exact) mass is 750 g/mol. The van der Waals surface area contributed by atoms with Gasteiger partial charge in [-0.3, -0.25) is 14.3 Å². The molecule has 4 N–H and O–H groups in total. The number of alkyl halides is 6. The number of para-hydroxylation sites is 2. The second kappa shape index (κ2) is 14.2. The number of nitrogens with zero attached hydrogens (tertiary/aromatic N) is 5. The third-order valence-electron chi connectivity index (χ3n) is 11.8. The molecule has 0 spiro atoms. The molecule has 288 valence electrons. The smallest absolute Gasteiger partial charge is 0.398 e. The highest BCUT2D eigenvalue weighted by Crippen LogP contribution is 2.42. The van der Waals surface area contributed by atoms with Gasteiger partial charge < -0.3 is 30.7 Å². The lowest BCUT2D eigenvalue weighted by Gasteiger charge is -2.45. The van der Waals surface area contributed by atoms with Gasteiger partial charge in [-0.2, -0.15) is 26.3 Å². The standard InChI is InChI=1S/C36H44F6N8O3/c1-46-23-6-7-24(46)20-25(19-23)47-12-14-48(15-13-47)32(51)29(18-21-16-26(35(37,38)39)31(43)27(17-21)36(40,41)42)45-33(52)49-10-8-22(9-11-49)50-30-5-3-2-4-28(30)44-34(50)53/h2-5,16-17,22-25,29H,6-15,18-20,43H2,1H3,(H,44,53)(H,45,52)/t23?,24?,25?,29-/m1/s1. The van der Waals surface area contributed by atoms with E-state index in [4.69, 9.17) is 5.73 Å². The summed E-state index contributed by atoms with van der Waals surface area (Å²) in [5.74, 6) is -0.583. The summed E-state index contributed by atoms with van der Waals surface area (Å²) in [7, 11) is 2.16. The van der Waals surface area contributed by atoms with Crippen molar-refractivity contribution in [3.05, 3.63) is 63.6 Å². The number of imidazole rings is 1. The molecule has 0 aliphatic carbocycles. The van der Waals surface area contributed by atoms with Gasteiger partial charge in [0.25, 0.3) is 0 Å². The van der Waals surface area contributed by atoms with Crippen molar-refractivity contribution in [2.45, 2.75) is 87.5 Å². The van der Waals surface area contributed by atoms with Crippen molar-refractivity contribution in [3.8, 4) is 0 Å². The number of hydrogen-bond acceptors (Lipinski definition) is 6. The number of carbonyl (C=O) groups is 2. The first-order valence-corrected chi connectivity index (χ1v) is 18.1. The molecule has 11 nitrogen and oxygen atoms in total. The van der Waals surface area contributed by atoms with Crippen LogP contribution in [0.4, 0.5) is 36.8 Å². The number of hydrogen-bond donors (Lipinski definition) is 3. The highest BCUT2D eigenvalue weighted by Gasteiger charge is 2.43. The molecule has 2 aromatic carbocycles. The number of anilines is 1. The maximum Gasteiger partial charge on any atom is 0.418 e. The van der Waals surface area contributed by atoms with Gasteiger partial charge in [-0.15, -0.1) is 0 Å². The number of piperazine rings is 1. The number of aromatic amines is 1. The minimum Gasteiger partial charge on any atom is -0.398 e. The van der Waals surface area contributed by atoms with Crippen LogP contribution in [0.2, 0.25) is 0 Å². The predicted octanol–water partition coefficient (Wildman–Crippen LogP) is 4.68. The molecule has 53 heavy (non-hydrogen) atoms. The number of aromatic nitrogens is 2. The zero-order valence-electron chi connectivity index (χ0n) is 29.3. The quantitative estimate of drug-likeness (QED) is 0.249. The molecule has 5 heterocycles. The molecular formula is C36H44F6N8O3. The summed E-state index contributed by atoms with van der Waals surface area (Å²) in [4.78, 5) is 51.2. The summed E-state index contributed by atoms with van der Waals surface area (Å²) >= 11 is 0. The van der Waals surface area contributed by atoms with Crippen molar-refractivity contribution in [1.82, 2.24) is 34.5 Å². The van der Waals surface area contributed by atoms with Gasteiger partial charge in [0, 0.05) is 69.9 Å². The second-order valence-electron chi connectivity index (χ2n) is 14.9. The van der Waals surface area contributed by atoms with E-state index in [1.165, 1.54) is 9.80 Å². The first kappa shape index (κ1) is 37.1. The van der Waals surface area contributed by atoms with E-state index < -0.39 is 59.1 Å². The van der Waals surface area contributed by atoms with Crippen molar-refractivity contribution in [2.75, 3.05) is 52.0 Å². The molecular weight excluding hydrogens is 706 g/mol. The van der Waals surface area contributed by atoms with Crippen LogP contribution in [0.15, 0.2) is 41.2 Å². The van der Waals surface area contributed by atoms with Crippen molar-refractivity contribution >= 4 is 28.7 Å². The number of halogens is 6. The lowest BCUT2D eigenvalue weighted by Crippen LogP contribution is -2.59. The minimum absolute atomic E-state index is 0.207. The topological polar surface area (TPSA) is 123 Å². The number of H-pyrrole nitrogens is 1. The summed E-state index contributed by atoms with van der Waals surface area (Å²) in [6.07, 6.45) is -5.78. The fourth-order valence-corrected chi connectivity index (χ4v) is 8.95. The fraction of sp³-hybridized carbons (Fsp3) is 0.583. The van der Waals surface area contributed by atoms with Gasteiger partial charge in [-0.1, -0.05) is 12.1 Å². The van der Waals surface area contributed by atoms with Crippen LogP contribution < -0.4 is 16.7 Å². The van der Waals surface area contributed by atoms with Crippen molar-refractivity contribution in [1.29, 1.82) is 0 Å². The van der Waals surface area contributed by atoms with Gasteiger partial charge in [-0.25, -0.2) is 9.59 Å². The number of nitrogens with two attached hydrogens (primary N) is 1. The Bertz CT molecular complexity index is 1840. The first-order chi connectivity index (χ1) is 25.1. The number of amides is 3. The Hall–Kier alpha value is -4.25. The minimum atomic E-state index is -5.19. The van der Waals surface area contributed by atoms with Crippen molar-refractivity contribution in [2.24, 2.45) is 0 Å². The predicted molar refractivity (Wildman–Crippen MR) is 185 cm³/mol. The first-order valence-electron chi connectivity index (χ1n) is 18.1. The molecule has 4 saturated heterocycles. The van der Waals surface area contributed by atoms with E-state index in [1.807, 2.05) is 18.2 Å². The van der Waals surface area contributed by atoms with Crippen LogP contribution in [0.3, 0.4) is 0 Å². The number of fused-ring (bicyclic) bond motifs is 3. The molecule has 2 bridgehead atoms. The zero-order chi connectivity index (χ0) is 37.8. The van der Waals surface area contributed by atoms with Crippen LogP contribution in [0.25, 0.3) is 11.0 Å². The zero-order valence-corrected chi connectivity index (χ0v) is 29.3. The number of piperidine rings is 2. The number of carbonyl (C=O) groups excluding carboxylic acids is 2. The molecule has 2 unspecified atom stereocenters. The van der Waals surface area contributed by atoms with Crippen molar-refractivity contribution < 1.29 is 35.9 Å². The van der Waals surface area contributed by atoms with Crippen LogP contribution in [-0.4, -0.2) is 112 Å². The lowest BCUT2D eigenvalue weighted by atomic mass is 9.95. The number of nitrogen functional groups attached to an aromatic ring is 1. The molecule has 4 fully saturated rings. The van der Waals surface area contributed by atoms with E-state index in [-0.39, 0.29) is 24.8 Å². The van der Waals surface area contributed by atoms with E-state index in [1.54, 1.807) is 10.6 Å². The van der Waals surface area contributed by atoms with Crippen LogP contribution in [0.5, 0.6) is 0 Å². The number of urea groups is 1. The lowest BCUT2D eigenvalue weighted by molar-refractivity contribution is -0.141. The van der Waals surface area contributed by atoms with Crippen molar-refractivity contribution in [3.63, 3.8) is 0 Å². The second-order valence-corrected chi connectivity index (χ2v) is 14.9. The largest absolute Gasteiger partial charge is 0.418 e. The summed E-state index contributed by atoms with van der Waals surface area (Å²) in [6.45, 7) is 2.16. The number of rotatable bonds is 6. The Labute approximate surface area is 302 Å². The number of nitrogens with one attached hydrogen (secondary N) is 2. The summed E-state index contributed by atoms with van der Waals surface area (Å²) in [6, 6.07) is 7.37. The maximum absolute atomic E-state index is 14.1. The molecule has 17 heteroatoms. The average Bonchev–Trinajstić information content (AvgIpc) is 3.53. The van der Waals surface area contributed by atoms with Crippen LogP contribution in [0.1, 0.15) is 61.3 Å². The van der Waals surface area contributed by atoms with Gasteiger partial charge in [-0.05, 0) is 75.4 Å². The fourth-order valence-electron chi connectivity index (χ4n) is 8.95. The highest BCUT2D eigenvalue weighted by molar-refractivity contribution is 5.87. The molecule has 3 amide bonds. The Balaban J connectivity index is 1.08. The third kappa shape index (κ3) is 7.46. The van der Waals surface area contributed by atoms with E-state index >= 15 is 0 Å². The van der Waals surface area contributed by atoms with Crippen LogP contribution >= 0.6 is 0 Å². The highest BCUT2D eigenvalue weighted by atomic mass is 19.4. The summed E-state index contributed by atoms with van der Waals surface area (Å²) in [5, 5.41) is 2.66. The molecule has 0 radical (unpaired) electrons. The molecule has 0 saturated carbocycles. The van der Waals surface area contributed by atoms with E-state index in [9.17, 15) is 40.7 Å². The Morgan fingerprint density at radius 3 is 2.00 bits per heavy atom. The Kier molecular flexibility index (Phi) is 9.93. The van der Waals surface area contributed by atoms with E-state index in [0.29, 0.717) is 74.8 Å². The molecule has 3 aromatic rings. The number of likely N-dealkylation sites (tertiary alicyclic amines) is 1. The Morgan fingerprint density at radius 1 is 0.830 bits per heavy atom. The SMILES string of the molecule is CN1C2CCC1CC(N1CCN(C(=O)[C@@H](Cc3cc(C(F)(F)F)c(N)c(C(F)(F)F)c3)NC(=O)N3CCC(n4c(=O)[nH]c5ccccc54)CC3)CC1)C2. The maximum atomic E-state index is 14.1. The van der Waals surface area contributed by atoms with Gasteiger partial charge in [0.2, 0.25) is 5.91 Å². The average molecular weight is 751 g/mol. The molecule has 7 rings (SSSR count). The van der Waals surface area contributed by atoms with Crippen LogP contribution in [-0.2, 0) is 23.6 Å². The van der Waals surface area contributed by atoms with E-state index in [2.05, 4.69) is 27.1 Å². The van der Waals surface area contributed by atoms with Gasteiger partial charge >= 0.3 is 24.1 Å². The molecule has 4 aliphatic rings. The molecule has 1 aromatic heterocycles. The normalized spacial score (nSPS) is 24.2. The third-order valence-corrected chi connectivity index (χ3v) is 11.8. The molecule has 3 atom stereocenters. The van der Waals surface area contributed by atoms with Crippen LogP contribution in [0, 0.1) is 0 Å². The molecule has 4 aliphatic heterocycles. The summed E-state index contributed by atoms with van der Waals surface area (Å²) < 4.78 is 85.2. The summed E-state index contributed by atoms with van der Waals surface area (Å²) in [5.41, 5.74) is 1.32. The van der Waals surface area contributed by atoms with Gasteiger partial charge in [0.15, 0.2) is 0 Å². The van der Waals surface area contributed by atoms with E-state index in [0.717, 1.165) is 31.2 Å². The Morgan fingerprint density at radius 2 is 1.42 bits per heavy atom. The van der Waals surface area contributed by atoms with Gasteiger partial charge in [0.1, 0.15) is 6.04 Å². The van der Waals surface area contributed by atoms with Gasteiger partial charge in [0.05, 0.1) is 27.8 Å². The number of benzene rings is 2.